The molecule has 0 bridgehead atoms. The van der Waals surface area contributed by atoms with Gasteiger partial charge >= 0.3 is 0 Å². The van der Waals surface area contributed by atoms with E-state index in [1.165, 1.54) is 11.8 Å². The number of hydrogen-bond acceptors (Lipinski definition) is 3. The zero-order chi connectivity index (χ0) is 17.6. The predicted molar refractivity (Wildman–Crippen MR) is 113 cm³/mol. The first-order chi connectivity index (χ1) is 12.1. The Labute approximate surface area is 174 Å². The van der Waals surface area contributed by atoms with Gasteiger partial charge in [-0.3, -0.25) is 4.79 Å². The second kappa shape index (κ2) is 10.4. The fourth-order valence-corrected chi connectivity index (χ4v) is 4.42. The molecule has 0 spiro atoms. The number of rotatable bonds is 5. The Morgan fingerprint density at radius 2 is 1.81 bits per heavy atom. The van der Waals surface area contributed by atoms with Crippen LogP contribution in [-0.2, 0) is 4.79 Å². The summed E-state index contributed by atoms with van der Waals surface area (Å²) in [6, 6.07) is 15.3. The highest BCUT2D eigenvalue weighted by atomic mass is 35.5. The van der Waals surface area contributed by atoms with Gasteiger partial charge in [0, 0.05) is 16.0 Å². The van der Waals surface area contributed by atoms with E-state index in [-0.39, 0.29) is 29.6 Å². The first-order valence-electron chi connectivity index (χ1n) is 8.31. The predicted octanol–water partition coefficient (Wildman–Crippen LogP) is 5.12. The van der Waals surface area contributed by atoms with E-state index in [4.69, 9.17) is 23.2 Å². The molecule has 2 aromatic carbocycles. The molecule has 3 nitrogen and oxygen atoms in total. The van der Waals surface area contributed by atoms with Crippen LogP contribution in [0.4, 0.5) is 0 Å². The smallest absolute Gasteiger partial charge is 0.238 e. The van der Waals surface area contributed by atoms with Crippen molar-refractivity contribution in [2.24, 2.45) is 0 Å². The van der Waals surface area contributed by atoms with E-state index in [1.54, 1.807) is 12.1 Å². The van der Waals surface area contributed by atoms with Gasteiger partial charge in [0.05, 0.1) is 5.02 Å². The lowest BCUT2D eigenvalue weighted by molar-refractivity contribution is -0.121. The lowest BCUT2D eigenvalue weighted by Gasteiger charge is -2.26. The highest BCUT2D eigenvalue weighted by molar-refractivity contribution is 8.00. The summed E-state index contributed by atoms with van der Waals surface area (Å²) in [5.41, 5.74) is 0.954. The van der Waals surface area contributed by atoms with Crippen molar-refractivity contribution in [3.8, 4) is 0 Å². The average Bonchev–Trinajstić information content (AvgIpc) is 2.64. The molecule has 26 heavy (non-hydrogen) atoms. The van der Waals surface area contributed by atoms with E-state index >= 15 is 0 Å². The third-order valence-electron chi connectivity index (χ3n) is 4.16. The molecule has 0 aliphatic carbocycles. The molecule has 1 aliphatic heterocycles. The SMILES string of the molecule is Cl.O=C(NC1CCNCC1)C(Sc1cc(Cl)ccc1Cl)c1ccccc1. The maximum absolute atomic E-state index is 13.0. The van der Waals surface area contributed by atoms with Crippen molar-refractivity contribution in [1.29, 1.82) is 0 Å². The first kappa shape index (κ1) is 21.4. The van der Waals surface area contributed by atoms with Gasteiger partial charge in [-0.05, 0) is 49.7 Å². The number of benzene rings is 2. The molecule has 1 heterocycles. The van der Waals surface area contributed by atoms with Gasteiger partial charge in [-0.1, -0.05) is 53.5 Å². The molecule has 7 heteroatoms. The largest absolute Gasteiger partial charge is 0.352 e. The molecule has 3 rings (SSSR count). The molecule has 140 valence electrons. The van der Waals surface area contributed by atoms with Gasteiger partial charge in [-0.15, -0.1) is 24.2 Å². The summed E-state index contributed by atoms with van der Waals surface area (Å²) in [5, 5.41) is 7.35. The molecule has 1 unspecified atom stereocenters. The Hall–Kier alpha value is -0.910. The number of amides is 1. The van der Waals surface area contributed by atoms with E-state index in [9.17, 15) is 4.79 Å². The van der Waals surface area contributed by atoms with Crippen LogP contribution in [-0.4, -0.2) is 25.0 Å². The van der Waals surface area contributed by atoms with Gasteiger partial charge in [0.15, 0.2) is 0 Å². The highest BCUT2D eigenvalue weighted by Crippen LogP contribution is 2.40. The zero-order valence-electron chi connectivity index (χ0n) is 14.1. The van der Waals surface area contributed by atoms with Crippen LogP contribution in [0.25, 0.3) is 0 Å². The van der Waals surface area contributed by atoms with Crippen molar-refractivity contribution in [2.45, 2.75) is 29.0 Å². The Balaban J connectivity index is 0.00000243. The van der Waals surface area contributed by atoms with Crippen molar-refractivity contribution in [3.05, 3.63) is 64.1 Å². The van der Waals surface area contributed by atoms with Gasteiger partial charge in [-0.2, -0.15) is 0 Å². The minimum absolute atomic E-state index is 0. The van der Waals surface area contributed by atoms with Gasteiger partial charge in [-0.25, -0.2) is 0 Å². The molecule has 1 saturated heterocycles. The van der Waals surface area contributed by atoms with Crippen LogP contribution >= 0.6 is 47.4 Å². The quantitative estimate of drug-likeness (QED) is 0.646. The van der Waals surface area contributed by atoms with Crippen LogP contribution in [0.2, 0.25) is 10.0 Å². The molecular weight excluding hydrogens is 411 g/mol. The molecule has 2 N–H and O–H groups in total. The average molecular weight is 432 g/mol. The maximum atomic E-state index is 13.0. The third-order valence-corrected chi connectivity index (χ3v) is 6.15. The second-order valence-corrected chi connectivity index (χ2v) is 8.01. The Kier molecular flexibility index (Phi) is 8.58. The molecule has 0 aromatic heterocycles. The zero-order valence-corrected chi connectivity index (χ0v) is 17.2. The van der Waals surface area contributed by atoms with Crippen LogP contribution in [0.5, 0.6) is 0 Å². The summed E-state index contributed by atoms with van der Waals surface area (Å²) in [6.45, 7) is 1.88. The second-order valence-electron chi connectivity index (χ2n) is 6.02. The normalized spacial score (nSPS) is 15.8. The van der Waals surface area contributed by atoms with E-state index in [2.05, 4.69) is 10.6 Å². The monoisotopic (exact) mass is 430 g/mol. The minimum atomic E-state index is -0.368. The molecule has 0 radical (unpaired) electrons. The van der Waals surface area contributed by atoms with Crippen LogP contribution in [0.1, 0.15) is 23.7 Å². The summed E-state index contributed by atoms with van der Waals surface area (Å²) < 4.78 is 0. The molecule has 2 aromatic rings. The Morgan fingerprint density at radius 1 is 1.12 bits per heavy atom. The van der Waals surface area contributed by atoms with E-state index < -0.39 is 0 Å². The van der Waals surface area contributed by atoms with Gasteiger partial charge < -0.3 is 10.6 Å². The summed E-state index contributed by atoms with van der Waals surface area (Å²) >= 11 is 13.8. The molecule has 1 amide bonds. The summed E-state index contributed by atoms with van der Waals surface area (Å²) in [4.78, 5) is 13.8. The summed E-state index contributed by atoms with van der Waals surface area (Å²) in [6.07, 6.45) is 1.91. The number of piperidine rings is 1. The number of nitrogens with one attached hydrogen (secondary N) is 2. The first-order valence-corrected chi connectivity index (χ1v) is 9.95. The third kappa shape index (κ3) is 5.80. The van der Waals surface area contributed by atoms with Gasteiger partial charge in [0.2, 0.25) is 5.91 Å². The summed E-state index contributed by atoms with van der Waals surface area (Å²) in [7, 11) is 0. The van der Waals surface area contributed by atoms with Crippen LogP contribution in [0, 0.1) is 0 Å². The highest BCUT2D eigenvalue weighted by Gasteiger charge is 2.26. The molecule has 1 fully saturated rings. The van der Waals surface area contributed by atoms with E-state index in [1.807, 2.05) is 36.4 Å². The van der Waals surface area contributed by atoms with Crippen molar-refractivity contribution < 1.29 is 4.79 Å². The molecule has 0 saturated carbocycles. The maximum Gasteiger partial charge on any atom is 0.238 e. The van der Waals surface area contributed by atoms with Crippen molar-refractivity contribution in [3.63, 3.8) is 0 Å². The van der Waals surface area contributed by atoms with Crippen LogP contribution in [0.3, 0.4) is 0 Å². The Morgan fingerprint density at radius 3 is 2.50 bits per heavy atom. The van der Waals surface area contributed by atoms with E-state index in [0.29, 0.717) is 10.0 Å². The number of thioether (sulfide) groups is 1. The van der Waals surface area contributed by atoms with Crippen molar-refractivity contribution >= 4 is 53.3 Å². The molecule has 1 aliphatic rings. The minimum Gasteiger partial charge on any atom is -0.352 e. The van der Waals surface area contributed by atoms with Crippen LogP contribution < -0.4 is 10.6 Å². The van der Waals surface area contributed by atoms with Gasteiger partial charge in [0.1, 0.15) is 5.25 Å². The summed E-state index contributed by atoms with van der Waals surface area (Å²) in [5.74, 6) is 0.0131. The number of carbonyl (C=O) groups is 1. The lowest BCUT2D eigenvalue weighted by atomic mass is 10.1. The van der Waals surface area contributed by atoms with Crippen molar-refractivity contribution in [2.75, 3.05) is 13.1 Å². The topological polar surface area (TPSA) is 41.1 Å². The van der Waals surface area contributed by atoms with Crippen LogP contribution in [0.15, 0.2) is 53.4 Å². The standard InChI is InChI=1S/C19H20Cl2N2OS.ClH/c20-14-6-7-16(21)17(12-14)25-18(13-4-2-1-3-5-13)19(24)23-15-8-10-22-11-9-15;/h1-7,12,15,18,22H,8-11H2,(H,23,24);1H. The molecule has 1 atom stereocenters. The fourth-order valence-electron chi connectivity index (χ4n) is 2.84. The fraction of sp³-hybridized carbons (Fsp3) is 0.316. The van der Waals surface area contributed by atoms with Gasteiger partial charge in [0.25, 0.3) is 0 Å². The number of carbonyl (C=O) groups excluding carboxylic acids is 1. The lowest BCUT2D eigenvalue weighted by Crippen LogP contribution is -2.44. The number of halogens is 3. The number of hydrogen-bond donors (Lipinski definition) is 2. The van der Waals surface area contributed by atoms with Crippen molar-refractivity contribution in [1.82, 2.24) is 10.6 Å². The Bertz CT molecular complexity index is 724. The van der Waals surface area contributed by atoms with E-state index in [0.717, 1.165) is 36.4 Å². The molecular formula is C19H21Cl3N2OS.